The fraction of sp³-hybridized carbons (Fsp3) is 0.831. The average Bonchev–Trinajstić information content (AvgIpc) is 3.49. The minimum Gasteiger partial charge on any atom is -0.462 e. The summed E-state index contributed by atoms with van der Waals surface area (Å²) >= 11 is 0. The van der Waals surface area contributed by atoms with E-state index in [1.165, 1.54) is 263 Å². The Hall–Kier alpha value is -2.89. The van der Waals surface area contributed by atoms with Crippen molar-refractivity contribution >= 4 is 17.9 Å². The number of hydrogen-bond donors (Lipinski definition) is 0. The topological polar surface area (TPSA) is 78.9 Å². The molecule has 0 saturated heterocycles. The molecule has 0 aromatic carbocycles. The summed E-state index contributed by atoms with van der Waals surface area (Å²) in [6.45, 7) is 6.58. The second-order valence-corrected chi connectivity index (χ2v) is 24.8. The van der Waals surface area contributed by atoms with Crippen molar-refractivity contribution in [3.05, 3.63) is 60.8 Å². The van der Waals surface area contributed by atoms with Crippen LogP contribution in [0.1, 0.15) is 393 Å². The number of esters is 3. The lowest BCUT2D eigenvalue weighted by Crippen LogP contribution is -2.30. The number of carbonyl (C=O) groups excluding carboxylic acids is 3. The predicted octanol–water partition coefficient (Wildman–Crippen LogP) is 25.5. The normalized spacial score (nSPS) is 12.4. The second-order valence-electron chi connectivity index (χ2n) is 24.8. The molecule has 0 aliphatic carbocycles. The highest BCUT2D eigenvalue weighted by Gasteiger charge is 2.19. The van der Waals surface area contributed by atoms with Gasteiger partial charge >= 0.3 is 17.9 Å². The van der Waals surface area contributed by atoms with Crippen molar-refractivity contribution in [3.63, 3.8) is 0 Å². The third-order valence-electron chi connectivity index (χ3n) is 16.5. The van der Waals surface area contributed by atoms with Crippen LogP contribution >= 0.6 is 0 Å². The number of hydrogen-bond acceptors (Lipinski definition) is 6. The molecule has 1 atom stereocenters. The average molecular weight is 1160 g/mol. The molecule has 83 heavy (non-hydrogen) atoms. The molecule has 1 unspecified atom stereocenters. The van der Waals surface area contributed by atoms with E-state index < -0.39 is 6.10 Å². The van der Waals surface area contributed by atoms with Crippen LogP contribution in [0.2, 0.25) is 0 Å². The van der Waals surface area contributed by atoms with E-state index >= 15 is 0 Å². The minimum absolute atomic E-state index is 0.0701. The van der Waals surface area contributed by atoms with E-state index in [9.17, 15) is 14.4 Å². The monoisotopic (exact) mass is 1160 g/mol. The largest absolute Gasteiger partial charge is 0.462 e. The first-order valence-corrected chi connectivity index (χ1v) is 36.8. The van der Waals surface area contributed by atoms with Crippen molar-refractivity contribution in [1.29, 1.82) is 0 Å². The molecule has 6 heteroatoms. The number of rotatable bonds is 68. The molecular formula is C77H140O6. The van der Waals surface area contributed by atoms with E-state index in [-0.39, 0.29) is 31.1 Å². The molecule has 0 aliphatic heterocycles. The van der Waals surface area contributed by atoms with Crippen molar-refractivity contribution in [2.75, 3.05) is 13.2 Å². The first-order valence-electron chi connectivity index (χ1n) is 36.8. The van der Waals surface area contributed by atoms with Gasteiger partial charge in [-0.3, -0.25) is 14.4 Å². The molecule has 0 spiro atoms. The summed E-state index contributed by atoms with van der Waals surface area (Å²) < 4.78 is 17.0. The third kappa shape index (κ3) is 69.8. The smallest absolute Gasteiger partial charge is 0.306 e. The van der Waals surface area contributed by atoms with Crippen molar-refractivity contribution in [2.45, 2.75) is 399 Å². The van der Waals surface area contributed by atoms with Gasteiger partial charge in [-0.05, 0) is 83.5 Å². The van der Waals surface area contributed by atoms with Crippen molar-refractivity contribution in [1.82, 2.24) is 0 Å². The summed E-state index contributed by atoms with van der Waals surface area (Å²) in [5.41, 5.74) is 0. The van der Waals surface area contributed by atoms with Gasteiger partial charge in [0.05, 0.1) is 0 Å². The van der Waals surface area contributed by atoms with Gasteiger partial charge in [0.1, 0.15) is 13.2 Å². The molecule has 0 aromatic heterocycles. The van der Waals surface area contributed by atoms with E-state index in [1.807, 2.05) is 0 Å². The van der Waals surface area contributed by atoms with Crippen LogP contribution in [-0.4, -0.2) is 37.2 Å². The molecule has 6 nitrogen and oxygen atoms in total. The van der Waals surface area contributed by atoms with Gasteiger partial charge in [0.25, 0.3) is 0 Å². The van der Waals surface area contributed by atoms with E-state index in [4.69, 9.17) is 14.2 Å². The van der Waals surface area contributed by atoms with Crippen molar-refractivity contribution in [2.24, 2.45) is 0 Å². The molecule has 0 bridgehead atoms. The van der Waals surface area contributed by atoms with Gasteiger partial charge in [0, 0.05) is 19.3 Å². The minimum atomic E-state index is -0.774. The Labute approximate surface area is 517 Å². The van der Waals surface area contributed by atoms with E-state index in [2.05, 4.69) is 81.5 Å². The van der Waals surface area contributed by atoms with Gasteiger partial charge in [0.15, 0.2) is 6.10 Å². The molecule has 484 valence electrons. The Balaban J connectivity index is 4.09. The Kier molecular flexibility index (Phi) is 69.1. The molecule has 0 aliphatic rings. The van der Waals surface area contributed by atoms with Crippen LogP contribution in [0.4, 0.5) is 0 Å². The van der Waals surface area contributed by atoms with Gasteiger partial charge in [-0.1, -0.05) is 351 Å². The molecule has 0 fully saturated rings. The molecule has 0 rings (SSSR count). The summed E-state index contributed by atoms with van der Waals surface area (Å²) in [5, 5.41) is 0. The van der Waals surface area contributed by atoms with Crippen molar-refractivity contribution in [3.8, 4) is 0 Å². The summed E-state index contributed by atoms with van der Waals surface area (Å²) in [4.78, 5) is 38.4. The molecule has 0 saturated carbocycles. The number of carbonyl (C=O) groups is 3. The lowest BCUT2D eigenvalue weighted by Gasteiger charge is -2.18. The van der Waals surface area contributed by atoms with Crippen LogP contribution in [0.25, 0.3) is 0 Å². The van der Waals surface area contributed by atoms with E-state index in [1.54, 1.807) is 0 Å². The van der Waals surface area contributed by atoms with Crippen LogP contribution in [-0.2, 0) is 28.6 Å². The molecule has 0 aromatic rings. The van der Waals surface area contributed by atoms with Gasteiger partial charge in [-0.25, -0.2) is 0 Å². The quantitative estimate of drug-likeness (QED) is 0.0261. The molecule has 0 heterocycles. The lowest BCUT2D eigenvalue weighted by atomic mass is 10.0. The summed E-state index contributed by atoms with van der Waals surface area (Å²) in [7, 11) is 0. The summed E-state index contributed by atoms with van der Waals surface area (Å²) in [5.74, 6) is -0.850. The standard InChI is InChI=1S/C77H140O6/c1-4-7-10-13-16-19-22-25-28-29-30-31-32-33-34-35-36-37-38-39-40-41-42-43-44-45-46-47-50-52-55-58-61-64-67-70-76(79)82-73-74(83-77(80)71-68-65-62-59-56-53-49-27-24-21-18-15-12-9-6-3)72-81-75(78)69-66-63-60-57-54-51-48-26-23-20-17-14-11-8-5-2/h7,10,16,19,25,27-28,30-31,49,74H,4-6,8-9,11-15,17-18,20-24,26,29,32-48,50-73H2,1-3H3/b10-7-,19-16-,28-25-,31-30-,49-27-. The fourth-order valence-electron chi connectivity index (χ4n) is 11.0. The Morgan fingerprint density at radius 2 is 0.470 bits per heavy atom. The van der Waals surface area contributed by atoms with Crippen LogP contribution < -0.4 is 0 Å². The van der Waals surface area contributed by atoms with Crippen LogP contribution in [0, 0.1) is 0 Å². The second kappa shape index (κ2) is 71.6. The highest BCUT2D eigenvalue weighted by molar-refractivity contribution is 5.71. The molecular weight excluding hydrogens is 1020 g/mol. The van der Waals surface area contributed by atoms with Crippen LogP contribution in [0.3, 0.4) is 0 Å². The van der Waals surface area contributed by atoms with Gasteiger partial charge in [0.2, 0.25) is 0 Å². The number of ether oxygens (including phenoxy) is 3. The molecule has 0 N–H and O–H groups in total. The number of unbranched alkanes of at least 4 members (excludes halogenated alkanes) is 47. The van der Waals surface area contributed by atoms with E-state index in [0.717, 1.165) is 89.9 Å². The van der Waals surface area contributed by atoms with Crippen LogP contribution in [0.15, 0.2) is 60.8 Å². The summed E-state index contributed by atoms with van der Waals surface area (Å²) in [6.07, 6.45) is 92.7. The maximum absolute atomic E-state index is 12.9. The highest BCUT2D eigenvalue weighted by atomic mass is 16.6. The maximum atomic E-state index is 12.9. The van der Waals surface area contributed by atoms with Crippen LogP contribution in [0.5, 0.6) is 0 Å². The zero-order valence-corrected chi connectivity index (χ0v) is 55.7. The van der Waals surface area contributed by atoms with E-state index in [0.29, 0.717) is 19.3 Å². The zero-order chi connectivity index (χ0) is 59.9. The van der Waals surface area contributed by atoms with Gasteiger partial charge in [-0.15, -0.1) is 0 Å². The first kappa shape index (κ1) is 80.1. The predicted molar refractivity (Wildman–Crippen MR) is 362 cm³/mol. The molecule has 0 radical (unpaired) electrons. The zero-order valence-electron chi connectivity index (χ0n) is 55.7. The summed E-state index contributed by atoms with van der Waals surface area (Å²) in [6, 6.07) is 0. The Morgan fingerprint density at radius 1 is 0.253 bits per heavy atom. The SMILES string of the molecule is CC/C=C\C/C=C\C/C=C\C/C=C\CCCCCCCCCCCCCCCCCCCCCCCCC(=O)OCC(COC(=O)CCCCCCCCCCCCCCCCC)OC(=O)CCCCCCC/C=C\CCCCCCCC. The maximum Gasteiger partial charge on any atom is 0.306 e. The molecule has 0 amide bonds. The van der Waals surface area contributed by atoms with Gasteiger partial charge in [-0.2, -0.15) is 0 Å². The Morgan fingerprint density at radius 3 is 0.747 bits per heavy atom. The fourth-order valence-corrected chi connectivity index (χ4v) is 11.0. The highest BCUT2D eigenvalue weighted by Crippen LogP contribution is 2.19. The van der Waals surface area contributed by atoms with Gasteiger partial charge < -0.3 is 14.2 Å². The Bertz CT molecular complexity index is 1470. The van der Waals surface area contributed by atoms with Crippen molar-refractivity contribution < 1.29 is 28.6 Å². The lowest BCUT2D eigenvalue weighted by molar-refractivity contribution is -0.167. The number of allylic oxidation sites excluding steroid dienone is 10. The first-order chi connectivity index (χ1) is 41.0. The third-order valence-corrected chi connectivity index (χ3v) is 16.5.